The maximum atomic E-state index is 12.4. The maximum Gasteiger partial charge on any atom is 0.120 e. The number of halogens is 2. The van der Waals surface area contributed by atoms with Gasteiger partial charge in [0.25, 0.3) is 0 Å². The van der Waals surface area contributed by atoms with E-state index in [4.69, 9.17) is 4.74 Å². The standard InChI is InChI=1S/C10H11FIO/c1-7(6-11)8-3-9(12)5-10(4-8)13-2/h3-5H,6H2,1-2H3. The Labute approximate surface area is 91.4 Å². The van der Waals surface area contributed by atoms with E-state index in [-0.39, 0.29) is 0 Å². The summed E-state index contributed by atoms with van der Waals surface area (Å²) in [5, 5.41) is 0. The van der Waals surface area contributed by atoms with Crippen molar-refractivity contribution in [1.82, 2.24) is 0 Å². The summed E-state index contributed by atoms with van der Waals surface area (Å²) < 4.78 is 18.5. The molecule has 0 spiro atoms. The van der Waals surface area contributed by atoms with Crippen LogP contribution in [0.2, 0.25) is 0 Å². The minimum atomic E-state index is -0.413. The van der Waals surface area contributed by atoms with E-state index in [0.717, 1.165) is 20.8 Å². The van der Waals surface area contributed by atoms with Gasteiger partial charge in [0.15, 0.2) is 0 Å². The summed E-state index contributed by atoms with van der Waals surface area (Å²) in [4.78, 5) is 0. The van der Waals surface area contributed by atoms with Gasteiger partial charge >= 0.3 is 0 Å². The molecule has 0 aliphatic heterocycles. The highest BCUT2D eigenvalue weighted by molar-refractivity contribution is 14.1. The minimum absolute atomic E-state index is 0.413. The summed E-state index contributed by atoms with van der Waals surface area (Å²) in [5.41, 5.74) is 0.909. The van der Waals surface area contributed by atoms with Crippen molar-refractivity contribution in [3.63, 3.8) is 0 Å². The minimum Gasteiger partial charge on any atom is -0.497 e. The van der Waals surface area contributed by atoms with Gasteiger partial charge < -0.3 is 4.74 Å². The van der Waals surface area contributed by atoms with Crippen LogP contribution in [0.3, 0.4) is 0 Å². The Balaban J connectivity index is 3.01. The van der Waals surface area contributed by atoms with Gasteiger partial charge in [0.1, 0.15) is 5.75 Å². The molecular formula is C10H11FIO. The van der Waals surface area contributed by atoms with Crippen molar-refractivity contribution in [2.24, 2.45) is 0 Å². The number of alkyl halides is 1. The molecule has 0 N–H and O–H groups in total. The Morgan fingerprint density at radius 3 is 2.69 bits per heavy atom. The average Bonchev–Trinajstić information content (AvgIpc) is 2.15. The van der Waals surface area contributed by atoms with Crippen molar-refractivity contribution in [2.45, 2.75) is 6.92 Å². The Bertz CT molecular complexity index is 288. The monoisotopic (exact) mass is 293 g/mol. The fraction of sp³-hybridized carbons (Fsp3) is 0.300. The molecule has 0 atom stereocenters. The second-order valence-corrected chi connectivity index (χ2v) is 4.04. The summed E-state index contributed by atoms with van der Waals surface area (Å²) in [5.74, 6) is 1.51. The lowest BCUT2D eigenvalue weighted by atomic mass is 10.0. The fourth-order valence-corrected chi connectivity index (χ4v) is 1.65. The third-order valence-corrected chi connectivity index (χ3v) is 2.42. The SMILES string of the molecule is COc1cc(I)cc([C](C)CF)c1. The first kappa shape index (κ1) is 10.8. The molecule has 71 valence electrons. The van der Waals surface area contributed by atoms with Crippen molar-refractivity contribution in [3.05, 3.63) is 33.3 Å². The molecule has 0 aliphatic rings. The van der Waals surface area contributed by atoms with E-state index in [0.29, 0.717) is 0 Å². The zero-order valence-electron chi connectivity index (χ0n) is 7.60. The van der Waals surface area contributed by atoms with Gasteiger partial charge in [-0.3, -0.25) is 4.39 Å². The molecule has 1 aromatic rings. The molecule has 1 nitrogen and oxygen atoms in total. The molecular weight excluding hydrogens is 282 g/mol. The number of rotatable bonds is 3. The second kappa shape index (κ2) is 4.79. The van der Waals surface area contributed by atoms with Crippen LogP contribution in [0.15, 0.2) is 18.2 Å². The molecule has 1 radical (unpaired) electrons. The number of hydrogen-bond acceptors (Lipinski definition) is 1. The van der Waals surface area contributed by atoms with Crippen LogP contribution in [0.25, 0.3) is 0 Å². The van der Waals surface area contributed by atoms with Crippen molar-refractivity contribution in [2.75, 3.05) is 13.8 Å². The van der Waals surface area contributed by atoms with E-state index in [2.05, 4.69) is 22.6 Å². The van der Waals surface area contributed by atoms with E-state index >= 15 is 0 Å². The first-order chi connectivity index (χ1) is 6.17. The molecule has 0 amide bonds. The lowest BCUT2D eigenvalue weighted by Gasteiger charge is -2.09. The molecule has 1 rings (SSSR count). The molecule has 0 unspecified atom stereocenters. The molecule has 0 saturated carbocycles. The summed E-state index contributed by atoms with van der Waals surface area (Å²) in [7, 11) is 1.61. The van der Waals surface area contributed by atoms with E-state index in [1.807, 2.05) is 18.2 Å². The quantitative estimate of drug-likeness (QED) is 0.778. The first-order valence-corrected chi connectivity index (χ1v) is 4.98. The lowest BCUT2D eigenvalue weighted by molar-refractivity contribution is 0.413. The zero-order valence-corrected chi connectivity index (χ0v) is 9.76. The van der Waals surface area contributed by atoms with E-state index in [9.17, 15) is 4.39 Å². The fourth-order valence-electron chi connectivity index (χ4n) is 1.00. The molecule has 0 saturated heterocycles. The number of hydrogen-bond donors (Lipinski definition) is 0. The van der Waals surface area contributed by atoms with Gasteiger partial charge in [-0.05, 0) is 46.4 Å². The molecule has 13 heavy (non-hydrogen) atoms. The molecule has 0 bridgehead atoms. The van der Waals surface area contributed by atoms with E-state index in [1.165, 1.54) is 0 Å². The molecule has 1 aromatic carbocycles. The van der Waals surface area contributed by atoms with Crippen molar-refractivity contribution < 1.29 is 9.13 Å². The number of benzene rings is 1. The highest BCUT2D eigenvalue weighted by Gasteiger charge is 2.07. The first-order valence-electron chi connectivity index (χ1n) is 3.90. The Hall–Kier alpha value is -0.320. The maximum absolute atomic E-state index is 12.4. The van der Waals surface area contributed by atoms with E-state index < -0.39 is 6.67 Å². The smallest absolute Gasteiger partial charge is 0.120 e. The van der Waals surface area contributed by atoms with Crippen LogP contribution in [0.5, 0.6) is 5.75 Å². The number of methoxy groups -OCH3 is 1. The van der Waals surface area contributed by atoms with Crippen LogP contribution < -0.4 is 4.74 Å². The third kappa shape index (κ3) is 2.83. The third-order valence-electron chi connectivity index (χ3n) is 1.80. The molecule has 3 heteroatoms. The van der Waals surface area contributed by atoms with Crippen LogP contribution in [-0.4, -0.2) is 13.8 Å². The van der Waals surface area contributed by atoms with Crippen molar-refractivity contribution in [3.8, 4) is 5.75 Å². The number of ether oxygens (including phenoxy) is 1. The molecule has 0 fully saturated rings. The van der Waals surface area contributed by atoms with Crippen molar-refractivity contribution in [1.29, 1.82) is 0 Å². The summed E-state index contributed by atoms with van der Waals surface area (Å²) in [6, 6.07) is 5.70. The van der Waals surface area contributed by atoms with Crippen molar-refractivity contribution >= 4 is 22.6 Å². The normalized spacial score (nSPS) is 10.5. The predicted octanol–water partition coefficient (Wildman–Crippen LogP) is 3.21. The Kier molecular flexibility index (Phi) is 3.96. The van der Waals surface area contributed by atoms with Gasteiger partial charge in [0, 0.05) is 9.49 Å². The van der Waals surface area contributed by atoms with Gasteiger partial charge in [0.05, 0.1) is 13.8 Å². The van der Waals surface area contributed by atoms with Gasteiger partial charge in [-0.25, -0.2) is 0 Å². The van der Waals surface area contributed by atoms with E-state index in [1.54, 1.807) is 14.0 Å². The van der Waals surface area contributed by atoms with Crippen LogP contribution in [0.1, 0.15) is 12.5 Å². The van der Waals surface area contributed by atoms with Gasteiger partial charge in [-0.1, -0.05) is 6.92 Å². The molecule has 0 aliphatic carbocycles. The summed E-state index contributed by atoms with van der Waals surface area (Å²) in [6.45, 7) is 1.37. The Morgan fingerprint density at radius 2 is 2.15 bits per heavy atom. The summed E-state index contributed by atoms with van der Waals surface area (Å²) in [6.07, 6.45) is 0. The van der Waals surface area contributed by atoms with Gasteiger partial charge in [-0.15, -0.1) is 0 Å². The Morgan fingerprint density at radius 1 is 1.46 bits per heavy atom. The zero-order chi connectivity index (χ0) is 9.84. The van der Waals surface area contributed by atoms with Crippen LogP contribution in [-0.2, 0) is 0 Å². The highest BCUT2D eigenvalue weighted by Crippen LogP contribution is 2.23. The molecule has 0 heterocycles. The van der Waals surface area contributed by atoms with Crippen LogP contribution in [0, 0.1) is 9.49 Å². The van der Waals surface area contributed by atoms with Gasteiger partial charge in [0.2, 0.25) is 0 Å². The average molecular weight is 293 g/mol. The van der Waals surface area contributed by atoms with Gasteiger partial charge in [-0.2, -0.15) is 0 Å². The lowest BCUT2D eigenvalue weighted by Crippen LogP contribution is -1.98. The largest absolute Gasteiger partial charge is 0.497 e. The van der Waals surface area contributed by atoms with Crippen LogP contribution in [0.4, 0.5) is 4.39 Å². The second-order valence-electron chi connectivity index (χ2n) is 2.79. The highest BCUT2D eigenvalue weighted by atomic mass is 127. The van der Waals surface area contributed by atoms with Crippen LogP contribution >= 0.6 is 22.6 Å². The summed E-state index contributed by atoms with van der Waals surface area (Å²) >= 11 is 2.19. The topological polar surface area (TPSA) is 9.23 Å². The predicted molar refractivity (Wildman–Crippen MR) is 59.7 cm³/mol. The molecule has 0 aromatic heterocycles.